The van der Waals surface area contributed by atoms with Crippen molar-refractivity contribution in [1.29, 1.82) is 0 Å². The van der Waals surface area contributed by atoms with Crippen molar-refractivity contribution in [1.82, 2.24) is 4.90 Å². The van der Waals surface area contributed by atoms with E-state index >= 15 is 0 Å². The van der Waals surface area contributed by atoms with Crippen molar-refractivity contribution in [2.75, 3.05) is 27.9 Å². The summed E-state index contributed by atoms with van der Waals surface area (Å²) in [6, 6.07) is -1.13. The molecule has 1 saturated carbocycles. The lowest BCUT2D eigenvalue weighted by Crippen LogP contribution is -2.61. The first-order valence-corrected chi connectivity index (χ1v) is 29.0. The van der Waals surface area contributed by atoms with Crippen LogP contribution in [0.2, 0.25) is 19.6 Å². The Morgan fingerprint density at radius 3 is 2.20 bits per heavy atom. The van der Waals surface area contributed by atoms with Crippen LogP contribution in [0.1, 0.15) is 126 Å². The van der Waals surface area contributed by atoms with Gasteiger partial charge in [-0.15, -0.1) is 0 Å². The molecular weight excluding hydrogens is 899 g/mol. The number of aliphatic hydroxyl groups excluding tert-OH is 1. The first-order valence-electron chi connectivity index (χ1n) is 25.6. The van der Waals surface area contributed by atoms with Gasteiger partial charge >= 0.3 is 5.97 Å². The highest BCUT2D eigenvalue weighted by molar-refractivity contribution is 6.69. The maximum Gasteiger partial charge on any atom is 0.329 e. The van der Waals surface area contributed by atoms with Crippen LogP contribution in [0.4, 0.5) is 0 Å². The highest BCUT2D eigenvalue weighted by Gasteiger charge is 2.53. The maximum absolute atomic E-state index is 14.5. The fourth-order valence-corrected chi connectivity index (χ4v) is 11.7. The van der Waals surface area contributed by atoms with Crippen LogP contribution >= 0.6 is 0 Å². The summed E-state index contributed by atoms with van der Waals surface area (Å²) < 4.78 is 36.7. The Bertz CT molecular complexity index is 1870. The van der Waals surface area contributed by atoms with Crippen LogP contribution in [-0.4, -0.2) is 135 Å². The van der Waals surface area contributed by atoms with Gasteiger partial charge in [-0.2, -0.15) is 0 Å². The van der Waals surface area contributed by atoms with Crippen molar-refractivity contribution in [3.8, 4) is 0 Å². The second-order valence-corrected chi connectivity index (χ2v) is 26.3. The minimum Gasteiger partial charge on any atom is -0.460 e. The molecule has 2 saturated heterocycles. The first-order chi connectivity index (χ1) is 32.4. The molecule has 1 aliphatic carbocycles. The summed E-state index contributed by atoms with van der Waals surface area (Å²) in [4.78, 5) is 73.1. The number of aliphatic hydroxyl groups is 2. The minimum atomic E-state index is -2.42. The Kier molecular flexibility index (Phi) is 22.4. The highest BCUT2D eigenvalue weighted by Crippen LogP contribution is 2.38. The van der Waals surface area contributed by atoms with Gasteiger partial charge in [0.1, 0.15) is 24.0 Å². The van der Waals surface area contributed by atoms with Crippen LogP contribution in [-0.2, 0) is 52.1 Å². The molecule has 69 heavy (non-hydrogen) atoms. The number of carbonyl (C=O) groups excluding carboxylic acids is 5. The van der Waals surface area contributed by atoms with E-state index in [1.54, 1.807) is 28.1 Å². The van der Waals surface area contributed by atoms with Crippen molar-refractivity contribution >= 4 is 37.5 Å². The van der Waals surface area contributed by atoms with Crippen LogP contribution in [0.3, 0.4) is 0 Å². The van der Waals surface area contributed by atoms with Gasteiger partial charge in [-0.25, -0.2) is 4.79 Å². The topological polar surface area (TPSA) is 184 Å². The number of hydrogen-bond acceptors (Lipinski definition) is 13. The number of hydrogen-bond donors (Lipinski definition) is 2. The first kappa shape index (κ1) is 58.4. The van der Waals surface area contributed by atoms with Gasteiger partial charge in [0.25, 0.3) is 11.7 Å². The smallest absolute Gasteiger partial charge is 0.329 e. The Morgan fingerprint density at radius 1 is 0.841 bits per heavy atom. The van der Waals surface area contributed by atoms with E-state index in [1.807, 2.05) is 83.8 Å². The number of ether oxygens (including phenoxy) is 5. The third kappa shape index (κ3) is 16.2. The van der Waals surface area contributed by atoms with E-state index in [4.69, 9.17) is 28.1 Å². The van der Waals surface area contributed by atoms with Crippen LogP contribution in [0, 0.1) is 35.5 Å². The van der Waals surface area contributed by atoms with Crippen LogP contribution < -0.4 is 0 Å². The molecule has 0 unspecified atom stereocenters. The average Bonchev–Trinajstić information content (AvgIpc) is 3.30. The molecule has 0 radical (unpaired) electrons. The lowest BCUT2D eigenvalue weighted by atomic mass is 9.78. The zero-order valence-electron chi connectivity index (χ0n) is 44.1. The maximum atomic E-state index is 14.5. The van der Waals surface area contributed by atoms with Gasteiger partial charge in [-0.1, -0.05) is 71.1 Å². The van der Waals surface area contributed by atoms with E-state index in [2.05, 4.69) is 6.92 Å². The molecule has 4 aliphatic rings. The third-order valence-corrected chi connectivity index (χ3v) is 15.9. The predicted octanol–water partition coefficient (Wildman–Crippen LogP) is 8.04. The second kappa shape index (κ2) is 26.5. The van der Waals surface area contributed by atoms with E-state index < -0.39 is 86.3 Å². The van der Waals surface area contributed by atoms with Crippen molar-refractivity contribution in [3.05, 3.63) is 47.6 Å². The van der Waals surface area contributed by atoms with E-state index in [0.29, 0.717) is 63.4 Å². The predicted molar refractivity (Wildman–Crippen MR) is 267 cm³/mol. The van der Waals surface area contributed by atoms with Gasteiger partial charge in [0, 0.05) is 58.5 Å². The summed E-state index contributed by atoms with van der Waals surface area (Å²) in [6.45, 7) is 19.4. The number of Topliss-reactive ketones (excluding diaryl/α,β-unsaturated/α-hetero) is 3. The van der Waals surface area contributed by atoms with Gasteiger partial charge in [0.05, 0.1) is 30.5 Å². The highest BCUT2D eigenvalue weighted by atomic mass is 28.4. The number of fused-ring (bicyclic) bond motifs is 3. The van der Waals surface area contributed by atoms with Gasteiger partial charge in [0.2, 0.25) is 5.79 Å². The van der Waals surface area contributed by atoms with Gasteiger partial charge in [-0.3, -0.25) is 19.2 Å². The molecule has 3 heterocycles. The molecule has 3 aliphatic heterocycles. The van der Waals surface area contributed by atoms with E-state index in [1.165, 1.54) is 12.0 Å². The number of nitrogens with zero attached hydrogens (tertiary/aromatic N) is 1. The number of methoxy groups -OCH3 is 3. The normalized spacial score (nSPS) is 39.0. The Labute approximate surface area is 414 Å². The van der Waals surface area contributed by atoms with Gasteiger partial charge in [-0.05, 0) is 127 Å². The molecule has 3 fully saturated rings. The third-order valence-electron chi connectivity index (χ3n) is 14.9. The van der Waals surface area contributed by atoms with Crippen molar-refractivity contribution in [2.45, 2.75) is 200 Å². The summed E-state index contributed by atoms with van der Waals surface area (Å²) in [5, 5.41) is 22.5. The number of piperidine rings is 1. The van der Waals surface area contributed by atoms with Crippen LogP contribution in [0.25, 0.3) is 0 Å². The molecule has 15 atom stereocenters. The number of cyclic esters (lactones) is 1. The van der Waals surface area contributed by atoms with Crippen LogP contribution in [0.5, 0.6) is 0 Å². The lowest BCUT2D eigenvalue weighted by Gasteiger charge is -2.42. The fraction of sp³-hybridized carbons (Fsp3) is 0.759. The Hall–Kier alpha value is -3.15. The van der Waals surface area contributed by atoms with Gasteiger partial charge in [0.15, 0.2) is 14.1 Å². The summed E-state index contributed by atoms with van der Waals surface area (Å²) in [6.07, 6.45) is 12.7. The van der Waals surface area contributed by atoms with Crippen molar-refractivity contribution in [2.24, 2.45) is 35.5 Å². The lowest BCUT2D eigenvalue weighted by molar-refractivity contribution is -0.265. The number of ketones is 3. The minimum absolute atomic E-state index is 0.0556. The standard InChI is InChI=1S/C54H87NO13Si/c1-33-19-15-14-16-20-34(2)45(63-8)31-41-24-22-39(7)54(62,67-41)51(59)52(60)55-26-18-17-21-42(55)53(61)66-46(36(4)29-40-23-25-43(56)47(30-40)64-9)32-44(57)35(3)28-38(6)49(68-69(11,12)13)50(65-10)48(58)37(5)27-33/h14-16,19-20,28,33,35-37,39-43,45-47,49-50,56,62H,17-18,21-27,29-32H2,1-13H3/b16-14-,19-15-,34-20-,38-28-/t33-,35-,36-,37-,39-,40+,41+,42+,43-,45+,46+,47-,49-,50+,54-/m1/s1. The number of esters is 1. The molecule has 0 aromatic carbocycles. The molecule has 2 bridgehead atoms. The molecule has 0 aromatic heterocycles. The average molecular weight is 986 g/mol. The molecule has 390 valence electrons. The molecule has 14 nitrogen and oxygen atoms in total. The molecule has 15 heteroatoms. The zero-order valence-corrected chi connectivity index (χ0v) is 45.1. The number of rotatable bonds is 8. The summed E-state index contributed by atoms with van der Waals surface area (Å²) >= 11 is 0. The summed E-state index contributed by atoms with van der Waals surface area (Å²) in [5.41, 5.74) is 1.58. The van der Waals surface area contributed by atoms with E-state index in [9.17, 15) is 34.2 Å². The molecule has 1 amide bonds. The van der Waals surface area contributed by atoms with Crippen LogP contribution in [0.15, 0.2) is 47.6 Å². The summed E-state index contributed by atoms with van der Waals surface area (Å²) in [7, 11) is 2.40. The quantitative estimate of drug-likeness (QED) is 0.103. The second-order valence-electron chi connectivity index (χ2n) is 21.8. The molecule has 0 aromatic rings. The molecule has 0 spiro atoms. The monoisotopic (exact) mass is 986 g/mol. The van der Waals surface area contributed by atoms with E-state index in [0.717, 1.165) is 12.0 Å². The molecule has 2 N–H and O–H groups in total. The van der Waals surface area contributed by atoms with E-state index in [-0.39, 0.29) is 60.7 Å². The number of carbonyl (C=O) groups is 5. The fourth-order valence-electron chi connectivity index (χ4n) is 10.6. The molecule has 4 rings (SSSR count). The Balaban J connectivity index is 1.76. The van der Waals surface area contributed by atoms with Crippen molar-refractivity contribution < 1.29 is 62.3 Å². The van der Waals surface area contributed by atoms with Gasteiger partial charge < -0.3 is 43.2 Å². The van der Waals surface area contributed by atoms with Crippen molar-refractivity contribution in [3.63, 3.8) is 0 Å². The Morgan fingerprint density at radius 2 is 1.55 bits per heavy atom. The molecular formula is C54H87NO13Si. The number of allylic oxidation sites excluding steroid dienone is 6. The zero-order chi connectivity index (χ0) is 51.4. The summed E-state index contributed by atoms with van der Waals surface area (Å²) in [5.74, 6) is -7.43. The SMILES string of the molecule is CO[C@H]1C[C@@H]2CC[C@@H](C)[C@@](O)(O2)C(=O)C(=O)N2CCCC[C@H]2C(=O)O[C@H]([C@H](C)C[C@@H]2CC[C@@H](O)[C@H](OC)C2)CC(=O)[C@H](C)/C=C(/C)[C@@H](O[Si](C)(C)C)[C@@H](OC)C(=O)[C@H](C)C[C@H](C)\C=C/C=C\C=C/1C. The largest absolute Gasteiger partial charge is 0.460 e. The number of amides is 1.